The van der Waals surface area contributed by atoms with Crippen LogP contribution in [0, 0.1) is 11.8 Å². The number of anilines is 1. The molecule has 0 aromatic heterocycles. The summed E-state index contributed by atoms with van der Waals surface area (Å²) in [5.41, 5.74) is -0.589. The molecular weight excluding hydrogens is 660 g/mol. The van der Waals surface area contributed by atoms with E-state index in [0.29, 0.717) is 70.0 Å². The van der Waals surface area contributed by atoms with Gasteiger partial charge in [-0.15, -0.1) is 13.2 Å². The molecule has 3 amide bonds. The van der Waals surface area contributed by atoms with Crippen molar-refractivity contribution in [2.45, 2.75) is 62.8 Å². The summed E-state index contributed by atoms with van der Waals surface area (Å²) in [6.45, 7) is 16.4. The van der Waals surface area contributed by atoms with Crippen molar-refractivity contribution in [2.24, 2.45) is 11.8 Å². The van der Waals surface area contributed by atoms with Gasteiger partial charge in [0.2, 0.25) is 17.7 Å². The van der Waals surface area contributed by atoms with E-state index in [-0.39, 0.29) is 37.4 Å². The zero-order chi connectivity index (χ0) is 36.9. The van der Waals surface area contributed by atoms with E-state index in [0.717, 1.165) is 18.7 Å². The van der Waals surface area contributed by atoms with Gasteiger partial charge in [0.25, 0.3) is 0 Å². The van der Waals surface area contributed by atoms with Gasteiger partial charge < -0.3 is 34.0 Å². The van der Waals surface area contributed by atoms with Crippen LogP contribution in [0.25, 0.3) is 0 Å². The summed E-state index contributed by atoms with van der Waals surface area (Å²) in [6, 6.07) is 15.3. The second-order valence-electron chi connectivity index (χ2n) is 14.3. The summed E-state index contributed by atoms with van der Waals surface area (Å²) in [5.74, 6) is -1.87. The number of amides is 3. The largest absolute Gasteiger partial charge is 0.494 e. The third kappa shape index (κ3) is 6.91. The molecule has 6 atom stereocenters. The van der Waals surface area contributed by atoms with E-state index >= 15 is 14.4 Å². The number of ether oxygens (including phenoxy) is 3. The van der Waals surface area contributed by atoms with Gasteiger partial charge in [0.1, 0.15) is 17.4 Å². The first-order valence-electron chi connectivity index (χ1n) is 18.8. The Bertz CT molecular complexity index is 1580. The second-order valence-corrected chi connectivity index (χ2v) is 14.3. The van der Waals surface area contributed by atoms with Crippen LogP contribution >= 0.6 is 0 Å². The number of hydrogen-bond acceptors (Lipinski definition) is 8. The van der Waals surface area contributed by atoms with Crippen molar-refractivity contribution in [1.29, 1.82) is 0 Å². The van der Waals surface area contributed by atoms with Crippen LogP contribution in [0.4, 0.5) is 5.69 Å². The summed E-state index contributed by atoms with van der Waals surface area (Å²) in [6.07, 6.45) is 5.21. The predicted octanol–water partition coefficient (Wildman–Crippen LogP) is 3.71. The number of likely N-dealkylation sites (tertiary alicyclic amines) is 1. The smallest absolute Gasteiger partial charge is 0.248 e. The Morgan fingerprint density at radius 2 is 1.73 bits per heavy atom. The van der Waals surface area contributed by atoms with Crippen LogP contribution in [0.15, 0.2) is 79.9 Å². The fourth-order valence-corrected chi connectivity index (χ4v) is 9.06. The van der Waals surface area contributed by atoms with Gasteiger partial charge in [-0.25, -0.2) is 0 Å². The SMILES string of the molecule is C=CCN(CCN1CCOCC1)C(=O)C1N([C@@H](CO)Cc2ccccc2)C(=O)[C@@H]2[C@H](C(=O)N(CC=C)c3ccc(OCC)cc3)[C@]3(CC)CCC12O3. The van der Waals surface area contributed by atoms with Gasteiger partial charge in [-0.2, -0.15) is 0 Å². The van der Waals surface area contributed by atoms with Crippen LogP contribution < -0.4 is 9.64 Å². The molecule has 0 aliphatic carbocycles. The number of rotatable bonds is 17. The molecule has 4 aliphatic rings. The molecule has 2 bridgehead atoms. The highest BCUT2D eigenvalue weighted by Gasteiger charge is 2.79. The average Bonchev–Trinajstić information content (AvgIpc) is 3.79. The molecule has 6 rings (SSSR count). The first-order chi connectivity index (χ1) is 25.3. The zero-order valence-electron chi connectivity index (χ0n) is 30.7. The summed E-state index contributed by atoms with van der Waals surface area (Å²) in [7, 11) is 0. The minimum Gasteiger partial charge on any atom is -0.494 e. The first kappa shape index (κ1) is 37.7. The molecule has 4 aliphatic heterocycles. The number of aliphatic hydroxyl groups is 1. The Morgan fingerprint density at radius 3 is 2.37 bits per heavy atom. The van der Waals surface area contributed by atoms with Gasteiger partial charge in [0.05, 0.1) is 49.9 Å². The molecule has 1 N–H and O–H groups in total. The van der Waals surface area contributed by atoms with Gasteiger partial charge in [0, 0.05) is 45.0 Å². The van der Waals surface area contributed by atoms with E-state index in [4.69, 9.17) is 14.2 Å². The maximum Gasteiger partial charge on any atom is 0.248 e. The number of hydrogen-bond donors (Lipinski definition) is 1. The fraction of sp³-hybridized carbons (Fsp3) is 0.537. The number of fused-ring (bicyclic) bond motifs is 1. The van der Waals surface area contributed by atoms with Crippen LogP contribution in [0.5, 0.6) is 5.75 Å². The molecule has 11 heteroatoms. The summed E-state index contributed by atoms with van der Waals surface area (Å²) in [5, 5.41) is 11.0. The quantitative estimate of drug-likeness (QED) is 0.247. The number of benzene rings is 2. The Balaban J connectivity index is 1.41. The number of morpholine rings is 1. The second kappa shape index (κ2) is 16.3. The highest BCUT2D eigenvalue weighted by atomic mass is 16.5. The van der Waals surface area contributed by atoms with Crippen LogP contribution in [0.2, 0.25) is 0 Å². The van der Waals surface area contributed by atoms with Crippen molar-refractivity contribution in [3.05, 3.63) is 85.5 Å². The molecule has 4 fully saturated rings. The van der Waals surface area contributed by atoms with Crippen molar-refractivity contribution >= 4 is 23.4 Å². The molecule has 52 heavy (non-hydrogen) atoms. The number of carbonyl (C=O) groups excluding carboxylic acids is 3. The minimum absolute atomic E-state index is 0.227. The van der Waals surface area contributed by atoms with Crippen molar-refractivity contribution < 1.29 is 33.7 Å². The predicted molar refractivity (Wildman–Crippen MR) is 199 cm³/mol. The summed E-state index contributed by atoms with van der Waals surface area (Å²) in [4.78, 5) is 52.6. The van der Waals surface area contributed by atoms with E-state index in [9.17, 15) is 5.11 Å². The van der Waals surface area contributed by atoms with Crippen LogP contribution in [-0.2, 0) is 30.3 Å². The van der Waals surface area contributed by atoms with E-state index in [1.807, 2.05) is 68.4 Å². The Morgan fingerprint density at radius 1 is 1.02 bits per heavy atom. The molecule has 2 aromatic carbocycles. The van der Waals surface area contributed by atoms with Crippen molar-refractivity contribution in [1.82, 2.24) is 14.7 Å². The summed E-state index contributed by atoms with van der Waals surface area (Å²) >= 11 is 0. The third-order valence-corrected chi connectivity index (χ3v) is 11.5. The summed E-state index contributed by atoms with van der Waals surface area (Å²) < 4.78 is 18.3. The van der Waals surface area contributed by atoms with Crippen molar-refractivity contribution in [2.75, 3.05) is 70.6 Å². The Labute approximate surface area is 307 Å². The number of carbonyl (C=O) groups is 3. The van der Waals surface area contributed by atoms with Gasteiger partial charge in [-0.3, -0.25) is 19.3 Å². The molecule has 0 saturated carbocycles. The molecule has 4 saturated heterocycles. The monoisotopic (exact) mass is 714 g/mol. The van der Waals surface area contributed by atoms with Crippen LogP contribution in [-0.4, -0.2) is 127 Å². The molecule has 4 heterocycles. The van der Waals surface area contributed by atoms with Gasteiger partial charge in [-0.1, -0.05) is 49.4 Å². The molecule has 2 aromatic rings. The number of nitrogens with zero attached hydrogens (tertiary/aromatic N) is 4. The Kier molecular flexibility index (Phi) is 11.8. The molecule has 0 radical (unpaired) electrons. The van der Waals surface area contributed by atoms with E-state index in [2.05, 4.69) is 18.1 Å². The highest BCUT2D eigenvalue weighted by molar-refractivity contribution is 6.03. The molecule has 1 spiro atoms. The fourth-order valence-electron chi connectivity index (χ4n) is 9.06. The lowest BCUT2D eigenvalue weighted by atomic mass is 9.64. The standard InChI is InChI=1S/C41H54N4O7/c1-5-20-43(23-22-42-24-26-50-27-25-42)39(49)36-41-19-18-40(7-3,52-41)34(37(47)44(21-6-2)31-14-16-33(17-15-31)51-8-4)35(41)38(48)45(36)32(29-46)28-30-12-10-9-11-13-30/h5-6,9-17,32,34-36,46H,1-2,7-8,18-29H2,3-4H3/t32-,34-,35+,36?,40+,41?/m1/s1. The third-order valence-electron chi connectivity index (χ3n) is 11.5. The Hall–Kier alpha value is -4.03. The van der Waals surface area contributed by atoms with Crippen molar-refractivity contribution in [3.63, 3.8) is 0 Å². The lowest BCUT2D eigenvalue weighted by Gasteiger charge is -2.40. The van der Waals surface area contributed by atoms with E-state index < -0.39 is 35.1 Å². The maximum atomic E-state index is 15.2. The average molecular weight is 715 g/mol. The normalized spacial score (nSPS) is 27.2. The zero-order valence-corrected chi connectivity index (χ0v) is 30.7. The van der Waals surface area contributed by atoms with E-state index in [1.165, 1.54) is 0 Å². The van der Waals surface area contributed by atoms with Gasteiger partial charge >= 0.3 is 0 Å². The first-order valence-corrected chi connectivity index (χ1v) is 18.8. The minimum atomic E-state index is -1.24. The van der Waals surface area contributed by atoms with E-state index in [1.54, 1.807) is 26.9 Å². The van der Waals surface area contributed by atoms with Gasteiger partial charge in [-0.05, 0) is 62.4 Å². The lowest BCUT2D eigenvalue weighted by molar-refractivity contribution is -0.156. The maximum absolute atomic E-state index is 15.2. The molecule has 2 unspecified atom stereocenters. The highest BCUT2D eigenvalue weighted by Crippen LogP contribution is 2.65. The molecule has 280 valence electrons. The molecular formula is C41H54N4O7. The van der Waals surface area contributed by atoms with Crippen LogP contribution in [0.3, 0.4) is 0 Å². The van der Waals surface area contributed by atoms with Crippen LogP contribution in [0.1, 0.15) is 38.7 Å². The topological polar surface area (TPSA) is 112 Å². The lowest BCUT2D eigenvalue weighted by Crippen LogP contribution is -2.60. The van der Waals surface area contributed by atoms with Crippen molar-refractivity contribution in [3.8, 4) is 5.75 Å². The van der Waals surface area contributed by atoms with Gasteiger partial charge in [0.15, 0.2) is 0 Å². The molecule has 11 nitrogen and oxygen atoms in total. The number of aliphatic hydroxyl groups excluding tert-OH is 1.